The summed E-state index contributed by atoms with van der Waals surface area (Å²) in [6, 6.07) is 9.09. The number of sulfonamides is 1. The third-order valence-electron chi connectivity index (χ3n) is 3.23. The largest absolute Gasteiger partial charge is 0.464 e. The summed E-state index contributed by atoms with van der Waals surface area (Å²) in [7, 11) is -2.16. The molecule has 7 heteroatoms. The number of benzene rings is 1. The number of hydrogen-bond donors (Lipinski definition) is 2. The summed E-state index contributed by atoms with van der Waals surface area (Å²) >= 11 is 0. The Hall–Kier alpha value is -2.12. The molecule has 1 atom stereocenters. The van der Waals surface area contributed by atoms with Gasteiger partial charge in [-0.05, 0) is 57.3 Å². The van der Waals surface area contributed by atoms with Crippen molar-refractivity contribution < 1.29 is 17.6 Å². The van der Waals surface area contributed by atoms with Crippen LogP contribution >= 0.6 is 0 Å². The number of aryl methyl sites for hydroxylation is 1. The molecule has 0 bridgehead atoms. The molecule has 6 nitrogen and oxygen atoms in total. The summed E-state index contributed by atoms with van der Waals surface area (Å²) in [5, 5.41) is 2.80. The Morgan fingerprint density at radius 2 is 1.77 bits per heavy atom. The van der Waals surface area contributed by atoms with E-state index in [9.17, 15) is 13.2 Å². The minimum absolute atomic E-state index is 0.112. The molecule has 22 heavy (non-hydrogen) atoms. The molecule has 118 valence electrons. The van der Waals surface area contributed by atoms with Crippen LogP contribution in [0.25, 0.3) is 0 Å². The second-order valence-electron chi connectivity index (χ2n) is 4.88. The van der Waals surface area contributed by atoms with Gasteiger partial charge in [0.1, 0.15) is 11.5 Å². The fraction of sp³-hybridized carbons (Fsp3) is 0.267. The van der Waals surface area contributed by atoms with E-state index in [1.807, 2.05) is 26.0 Å². The zero-order valence-corrected chi connectivity index (χ0v) is 13.4. The zero-order valence-electron chi connectivity index (χ0n) is 12.6. The first-order chi connectivity index (χ1) is 10.3. The van der Waals surface area contributed by atoms with E-state index < -0.39 is 10.0 Å². The normalized spacial score (nSPS) is 12.9. The van der Waals surface area contributed by atoms with Crippen LogP contribution in [0.1, 0.15) is 34.8 Å². The highest BCUT2D eigenvalue weighted by molar-refractivity contribution is 7.89. The molecule has 1 aromatic heterocycles. The lowest BCUT2D eigenvalue weighted by Crippen LogP contribution is -2.26. The van der Waals surface area contributed by atoms with Gasteiger partial charge in [0, 0.05) is 5.56 Å². The predicted octanol–water partition coefficient (Wildman–Crippen LogP) is 1.99. The predicted molar refractivity (Wildman–Crippen MR) is 82.0 cm³/mol. The van der Waals surface area contributed by atoms with Gasteiger partial charge in [0.2, 0.25) is 10.0 Å². The molecule has 2 aromatic rings. The molecule has 0 aliphatic carbocycles. The fourth-order valence-corrected chi connectivity index (χ4v) is 2.67. The molecule has 0 radical (unpaired) electrons. The quantitative estimate of drug-likeness (QED) is 0.881. The molecule has 0 saturated heterocycles. The highest BCUT2D eigenvalue weighted by Gasteiger charge is 2.16. The van der Waals surface area contributed by atoms with Crippen LogP contribution < -0.4 is 10.0 Å². The number of furan rings is 1. The highest BCUT2D eigenvalue weighted by Crippen LogP contribution is 2.17. The van der Waals surface area contributed by atoms with Gasteiger partial charge in [-0.1, -0.05) is 0 Å². The fourth-order valence-electron chi connectivity index (χ4n) is 1.94. The van der Waals surface area contributed by atoms with Crippen LogP contribution in [0.3, 0.4) is 0 Å². The maximum absolute atomic E-state index is 12.1. The Bertz CT molecular complexity index is 763. The summed E-state index contributed by atoms with van der Waals surface area (Å²) in [5.74, 6) is 1.15. The summed E-state index contributed by atoms with van der Waals surface area (Å²) in [6.45, 7) is 3.65. The smallest absolute Gasteiger partial charge is 0.251 e. The minimum atomic E-state index is -3.50. The van der Waals surface area contributed by atoms with E-state index in [2.05, 4.69) is 10.0 Å². The molecule has 0 unspecified atom stereocenters. The Kier molecular flexibility index (Phi) is 4.68. The number of rotatable bonds is 5. The van der Waals surface area contributed by atoms with Crippen molar-refractivity contribution in [2.75, 3.05) is 7.05 Å². The molecule has 0 saturated carbocycles. The van der Waals surface area contributed by atoms with Gasteiger partial charge in [0.25, 0.3) is 5.91 Å². The zero-order chi connectivity index (χ0) is 16.3. The van der Waals surface area contributed by atoms with Gasteiger partial charge < -0.3 is 9.73 Å². The van der Waals surface area contributed by atoms with Crippen molar-refractivity contribution in [3.8, 4) is 0 Å². The van der Waals surface area contributed by atoms with Crippen LogP contribution in [0.4, 0.5) is 0 Å². The van der Waals surface area contributed by atoms with Crippen molar-refractivity contribution >= 4 is 15.9 Å². The van der Waals surface area contributed by atoms with Gasteiger partial charge in [0.15, 0.2) is 0 Å². The maximum Gasteiger partial charge on any atom is 0.251 e. The molecule has 0 aliphatic rings. The van der Waals surface area contributed by atoms with E-state index in [1.54, 1.807) is 0 Å². The number of amides is 1. The Morgan fingerprint density at radius 1 is 1.14 bits per heavy atom. The van der Waals surface area contributed by atoms with Crippen LogP contribution in [0.2, 0.25) is 0 Å². The topological polar surface area (TPSA) is 88.4 Å². The molecule has 1 amide bonds. The summed E-state index contributed by atoms with van der Waals surface area (Å²) in [5.41, 5.74) is 0.380. The average Bonchev–Trinajstić information content (AvgIpc) is 2.94. The molecule has 0 aliphatic heterocycles. The van der Waals surface area contributed by atoms with Crippen molar-refractivity contribution in [2.24, 2.45) is 0 Å². The summed E-state index contributed by atoms with van der Waals surface area (Å²) < 4.78 is 30.9. The molecular formula is C15H18N2O4S. The lowest BCUT2D eigenvalue weighted by Gasteiger charge is -2.12. The second-order valence-corrected chi connectivity index (χ2v) is 6.76. The van der Waals surface area contributed by atoms with Crippen LogP contribution in [0, 0.1) is 6.92 Å². The van der Waals surface area contributed by atoms with Crippen molar-refractivity contribution in [3.05, 3.63) is 53.5 Å². The highest BCUT2D eigenvalue weighted by atomic mass is 32.2. The third-order valence-corrected chi connectivity index (χ3v) is 4.66. The summed E-state index contributed by atoms with van der Waals surface area (Å²) in [6.07, 6.45) is 0. The third kappa shape index (κ3) is 3.55. The SMILES string of the molecule is CNS(=O)(=O)c1ccc(C(=O)N[C@@H](C)c2ccc(C)o2)cc1. The molecule has 1 aromatic carbocycles. The Morgan fingerprint density at radius 3 is 2.27 bits per heavy atom. The Labute approximate surface area is 129 Å². The number of nitrogens with one attached hydrogen (secondary N) is 2. The van der Waals surface area contributed by atoms with Crippen LogP contribution in [-0.4, -0.2) is 21.4 Å². The lowest BCUT2D eigenvalue weighted by atomic mass is 10.2. The van der Waals surface area contributed by atoms with Gasteiger partial charge in [-0.3, -0.25) is 4.79 Å². The van der Waals surface area contributed by atoms with E-state index in [4.69, 9.17) is 4.42 Å². The van der Waals surface area contributed by atoms with E-state index in [1.165, 1.54) is 31.3 Å². The van der Waals surface area contributed by atoms with E-state index in [0.29, 0.717) is 11.3 Å². The number of hydrogen-bond acceptors (Lipinski definition) is 4. The number of carbonyl (C=O) groups is 1. The first kappa shape index (κ1) is 16.3. The standard InChI is InChI=1S/C15H18N2O4S/c1-10-4-9-14(21-10)11(2)17-15(18)12-5-7-13(8-6-12)22(19,20)16-3/h4-9,11,16H,1-3H3,(H,17,18)/t11-/m0/s1. The van der Waals surface area contributed by atoms with Gasteiger partial charge in [-0.15, -0.1) is 0 Å². The molecule has 0 spiro atoms. The first-order valence-corrected chi connectivity index (χ1v) is 8.22. The van der Waals surface area contributed by atoms with Crippen molar-refractivity contribution in [1.82, 2.24) is 10.0 Å². The number of carbonyl (C=O) groups excluding carboxylic acids is 1. The van der Waals surface area contributed by atoms with Crippen molar-refractivity contribution in [1.29, 1.82) is 0 Å². The molecule has 2 rings (SSSR count). The van der Waals surface area contributed by atoms with E-state index in [0.717, 1.165) is 5.76 Å². The maximum atomic E-state index is 12.1. The molecule has 1 heterocycles. The van der Waals surface area contributed by atoms with Gasteiger partial charge in [-0.25, -0.2) is 13.1 Å². The lowest BCUT2D eigenvalue weighted by molar-refractivity contribution is 0.0935. The van der Waals surface area contributed by atoms with E-state index in [-0.39, 0.29) is 16.8 Å². The monoisotopic (exact) mass is 322 g/mol. The molecule has 2 N–H and O–H groups in total. The van der Waals surface area contributed by atoms with Gasteiger partial charge in [0.05, 0.1) is 10.9 Å². The van der Waals surface area contributed by atoms with Gasteiger partial charge in [-0.2, -0.15) is 0 Å². The first-order valence-electron chi connectivity index (χ1n) is 6.74. The van der Waals surface area contributed by atoms with Crippen molar-refractivity contribution in [2.45, 2.75) is 24.8 Å². The van der Waals surface area contributed by atoms with Crippen LogP contribution in [0.5, 0.6) is 0 Å². The minimum Gasteiger partial charge on any atom is -0.464 e. The Balaban J connectivity index is 2.10. The molecule has 0 fully saturated rings. The van der Waals surface area contributed by atoms with E-state index >= 15 is 0 Å². The van der Waals surface area contributed by atoms with Crippen molar-refractivity contribution in [3.63, 3.8) is 0 Å². The summed E-state index contributed by atoms with van der Waals surface area (Å²) in [4.78, 5) is 12.3. The second kappa shape index (κ2) is 6.33. The van der Waals surface area contributed by atoms with Gasteiger partial charge >= 0.3 is 0 Å². The van der Waals surface area contributed by atoms with Crippen LogP contribution in [-0.2, 0) is 10.0 Å². The average molecular weight is 322 g/mol. The van der Waals surface area contributed by atoms with Crippen LogP contribution in [0.15, 0.2) is 45.7 Å². The molecular weight excluding hydrogens is 304 g/mol.